The zero-order valence-electron chi connectivity index (χ0n) is 21.4. The van der Waals surface area contributed by atoms with Crippen molar-refractivity contribution in [3.8, 4) is 0 Å². The number of fused-ring (bicyclic) bond motifs is 1. The Labute approximate surface area is 200 Å². The Morgan fingerprint density at radius 2 is 1.59 bits per heavy atom. The largest absolute Gasteiger partial charge is 0.465 e. The molecule has 34 heavy (non-hydrogen) atoms. The Hall–Kier alpha value is -3.29. The summed E-state index contributed by atoms with van der Waals surface area (Å²) in [5, 5.41) is 6.45. The van der Waals surface area contributed by atoms with Crippen molar-refractivity contribution in [3.05, 3.63) is 72.9 Å². The number of rotatable bonds is 5. The number of hydrogen-bond donors (Lipinski definition) is 2. The maximum atomic E-state index is 13.1. The van der Waals surface area contributed by atoms with Gasteiger partial charge in [0.05, 0.1) is 22.2 Å². The lowest BCUT2D eigenvalue weighted by Gasteiger charge is -2.42. The normalized spacial score (nSPS) is 17.1. The lowest BCUT2D eigenvalue weighted by molar-refractivity contribution is 0.0691. The molecule has 2 heterocycles. The van der Waals surface area contributed by atoms with E-state index in [-0.39, 0.29) is 22.7 Å². The van der Waals surface area contributed by atoms with Gasteiger partial charge in [-0.25, -0.2) is 0 Å². The SMILES string of the molecule is BC(Nc1c(Nc2ccc(C)c3c2C(=O)N(C)C3(C)C)c(=O)c1=O)(c1ccc(C)o1)C(C)(C)C. The number of carbonyl (C=O) groups is 1. The third-order valence-corrected chi connectivity index (χ3v) is 7.66. The fourth-order valence-electron chi connectivity index (χ4n) is 4.75. The summed E-state index contributed by atoms with van der Waals surface area (Å²) in [4.78, 5) is 40.2. The summed E-state index contributed by atoms with van der Waals surface area (Å²) >= 11 is 0. The maximum Gasteiger partial charge on any atom is 0.256 e. The molecular weight excluding hydrogens is 429 g/mol. The van der Waals surface area contributed by atoms with Gasteiger partial charge >= 0.3 is 0 Å². The molecule has 8 heteroatoms. The van der Waals surface area contributed by atoms with Crippen molar-refractivity contribution in [3.63, 3.8) is 0 Å². The molecule has 1 aromatic heterocycles. The van der Waals surface area contributed by atoms with Crippen LogP contribution in [-0.4, -0.2) is 25.7 Å². The minimum absolute atomic E-state index is 0.120. The summed E-state index contributed by atoms with van der Waals surface area (Å²) in [6, 6.07) is 7.48. The summed E-state index contributed by atoms with van der Waals surface area (Å²) in [5.74, 6) is 1.31. The fourth-order valence-corrected chi connectivity index (χ4v) is 4.75. The summed E-state index contributed by atoms with van der Waals surface area (Å²) in [5.41, 5.74) is 0.523. The molecule has 1 aliphatic heterocycles. The van der Waals surface area contributed by atoms with Crippen LogP contribution in [0.5, 0.6) is 0 Å². The molecule has 1 amide bonds. The van der Waals surface area contributed by atoms with Crippen molar-refractivity contribution in [2.24, 2.45) is 5.41 Å². The quantitative estimate of drug-likeness (QED) is 0.447. The Morgan fingerprint density at radius 1 is 0.971 bits per heavy atom. The highest BCUT2D eigenvalue weighted by atomic mass is 16.3. The Bertz CT molecular complexity index is 1390. The molecule has 1 aliphatic rings. The Balaban J connectivity index is 1.79. The third kappa shape index (κ3) is 3.22. The first-order chi connectivity index (χ1) is 15.6. The van der Waals surface area contributed by atoms with Gasteiger partial charge in [0, 0.05) is 7.05 Å². The topological polar surface area (TPSA) is 91.6 Å². The molecule has 2 N–H and O–H groups in total. The van der Waals surface area contributed by atoms with Gasteiger partial charge in [-0.3, -0.25) is 14.4 Å². The molecular formula is C26H32BN3O4. The van der Waals surface area contributed by atoms with E-state index in [0.717, 1.165) is 16.9 Å². The number of furan rings is 1. The van der Waals surface area contributed by atoms with Crippen LogP contribution < -0.4 is 21.5 Å². The highest BCUT2D eigenvalue weighted by Gasteiger charge is 2.45. The third-order valence-electron chi connectivity index (χ3n) is 7.66. The molecule has 4 rings (SSSR count). The standard InChI is InChI=1S/C26H32BN3O4/c1-13-9-11-15(17-18(13)25(6,7)30(8)23(17)33)28-19-20(22(32)21(19)31)29-26(27,24(3,4)5)16-12-10-14(2)34-16/h9-12,28-29H,27H2,1-8H3. The molecule has 0 radical (unpaired) electrons. The minimum atomic E-state index is -0.771. The first kappa shape index (κ1) is 23.9. The average molecular weight is 461 g/mol. The first-order valence-electron chi connectivity index (χ1n) is 11.5. The van der Waals surface area contributed by atoms with E-state index in [9.17, 15) is 14.4 Å². The fraction of sp³-hybridized carbons (Fsp3) is 0.423. The smallest absolute Gasteiger partial charge is 0.256 e. The molecule has 1 unspecified atom stereocenters. The molecule has 1 atom stereocenters. The summed E-state index contributed by atoms with van der Waals surface area (Å²) in [6.45, 7) is 14.0. The summed E-state index contributed by atoms with van der Waals surface area (Å²) < 4.78 is 5.93. The van der Waals surface area contributed by atoms with Crippen molar-refractivity contribution in [1.29, 1.82) is 0 Å². The second-order valence-corrected chi connectivity index (χ2v) is 11.0. The van der Waals surface area contributed by atoms with Crippen LogP contribution in [-0.2, 0) is 11.0 Å². The van der Waals surface area contributed by atoms with Gasteiger partial charge in [-0.2, -0.15) is 0 Å². The van der Waals surface area contributed by atoms with Crippen molar-refractivity contribution >= 4 is 30.8 Å². The van der Waals surface area contributed by atoms with Gasteiger partial charge in [0.1, 0.15) is 30.7 Å². The van der Waals surface area contributed by atoms with Gasteiger partial charge in [-0.05, 0) is 62.4 Å². The van der Waals surface area contributed by atoms with Crippen LogP contribution in [0.25, 0.3) is 0 Å². The molecule has 3 aromatic rings. The first-order valence-corrected chi connectivity index (χ1v) is 11.5. The number of benzene rings is 1. The molecule has 0 saturated carbocycles. The number of aryl methyl sites for hydroxylation is 2. The van der Waals surface area contributed by atoms with Gasteiger partial charge < -0.3 is 20.0 Å². The number of nitrogens with one attached hydrogen (secondary N) is 2. The van der Waals surface area contributed by atoms with Crippen molar-refractivity contribution in [2.75, 3.05) is 17.7 Å². The lowest BCUT2D eigenvalue weighted by Crippen LogP contribution is -2.51. The molecule has 0 aliphatic carbocycles. The summed E-state index contributed by atoms with van der Waals surface area (Å²) in [7, 11) is 3.73. The maximum absolute atomic E-state index is 13.1. The zero-order chi connectivity index (χ0) is 25.4. The molecule has 0 saturated heterocycles. The lowest BCUT2D eigenvalue weighted by atomic mass is 9.59. The molecule has 0 spiro atoms. The molecule has 7 nitrogen and oxygen atoms in total. The minimum Gasteiger partial charge on any atom is -0.465 e. The van der Waals surface area contributed by atoms with E-state index in [0.29, 0.717) is 17.0 Å². The second kappa shape index (κ2) is 7.36. The van der Waals surface area contributed by atoms with E-state index in [2.05, 4.69) is 10.6 Å². The van der Waals surface area contributed by atoms with E-state index >= 15 is 0 Å². The van der Waals surface area contributed by atoms with Gasteiger partial charge in [0.2, 0.25) is 0 Å². The van der Waals surface area contributed by atoms with Crippen LogP contribution in [0, 0.1) is 19.3 Å². The number of amides is 1. The molecule has 2 aromatic carbocycles. The van der Waals surface area contributed by atoms with E-state index in [1.807, 2.05) is 74.5 Å². The van der Waals surface area contributed by atoms with Gasteiger partial charge in [-0.1, -0.05) is 26.8 Å². The second-order valence-electron chi connectivity index (χ2n) is 11.0. The van der Waals surface area contributed by atoms with Crippen molar-refractivity contribution < 1.29 is 9.21 Å². The Kier molecular flexibility index (Phi) is 5.16. The van der Waals surface area contributed by atoms with Crippen LogP contribution in [0.15, 0.2) is 38.3 Å². The van der Waals surface area contributed by atoms with Crippen LogP contribution in [0.2, 0.25) is 0 Å². The van der Waals surface area contributed by atoms with Gasteiger partial charge in [0.25, 0.3) is 16.8 Å². The predicted octanol–water partition coefficient (Wildman–Crippen LogP) is 3.50. The van der Waals surface area contributed by atoms with E-state index < -0.39 is 21.8 Å². The van der Waals surface area contributed by atoms with Crippen LogP contribution in [0.1, 0.15) is 67.6 Å². The molecule has 0 bridgehead atoms. The number of carbonyl (C=O) groups excluding carboxylic acids is 1. The summed E-state index contributed by atoms with van der Waals surface area (Å²) in [6.07, 6.45) is 0. The average Bonchev–Trinajstić information content (AvgIpc) is 3.27. The van der Waals surface area contributed by atoms with Gasteiger partial charge in [0.15, 0.2) is 0 Å². The van der Waals surface area contributed by atoms with Gasteiger partial charge in [-0.15, -0.1) is 0 Å². The Morgan fingerprint density at radius 3 is 2.15 bits per heavy atom. The number of anilines is 3. The van der Waals surface area contributed by atoms with E-state index in [1.165, 1.54) is 0 Å². The highest BCUT2D eigenvalue weighted by molar-refractivity contribution is 6.18. The zero-order valence-corrected chi connectivity index (χ0v) is 21.4. The monoisotopic (exact) mass is 461 g/mol. The van der Waals surface area contributed by atoms with Crippen LogP contribution in [0.3, 0.4) is 0 Å². The number of hydrogen-bond acceptors (Lipinski definition) is 6. The predicted molar refractivity (Wildman–Crippen MR) is 138 cm³/mol. The van der Waals surface area contributed by atoms with Crippen LogP contribution in [0.4, 0.5) is 17.1 Å². The highest BCUT2D eigenvalue weighted by Crippen LogP contribution is 2.44. The van der Waals surface area contributed by atoms with Crippen molar-refractivity contribution in [2.45, 2.75) is 59.4 Å². The van der Waals surface area contributed by atoms with Crippen molar-refractivity contribution in [1.82, 2.24) is 4.90 Å². The number of nitrogens with zero attached hydrogens (tertiary/aromatic N) is 1. The van der Waals surface area contributed by atoms with E-state index in [4.69, 9.17) is 4.42 Å². The molecule has 0 fully saturated rings. The molecule has 178 valence electrons. The van der Waals surface area contributed by atoms with Crippen LogP contribution >= 0.6 is 0 Å². The van der Waals surface area contributed by atoms with E-state index in [1.54, 1.807) is 18.0 Å².